The average molecular weight is 477 g/mol. The third-order valence-corrected chi connectivity index (χ3v) is 7.07. The lowest BCUT2D eigenvalue weighted by Gasteiger charge is -2.38. The summed E-state index contributed by atoms with van der Waals surface area (Å²) in [5.41, 5.74) is 2.65. The molecule has 0 bridgehead atoms. The van der Waals surface area contributed by atoms with Gasteiger partial charge in [0.25, 0.3) is 0 Å². The summed E-state index contributed by atoms with van der Waals surface area (Å²) < 4.78 is 0. The number of piperidine rings is 1. The standard InChI is InChI=1S/C26H36N8O/c1-18-16-32(3)11-12-34(18)17-20-7-8-23(27-14-20)30-26-28-15-21-13-22(19(2)35)29-25(24(21)31-26)33-9-5-4-6-10-33/h7-8,13-15,18-19,35H,4-6,9-12,16-17H2,1-3H3,(H,27,28,30,31)/t18-,19?/m0/s1. The number of likely N-dealkylation sites (N-methyl/N-ethyl adjacent to an activating group) is 1. The smallest absolute Gasteiger partial charge is 0.229 e. The lowest BCUT2D eigenvalue weighted by molar-refractivity contribution is 0.0937. The monoisotopic (exact) mass is 476 g/mol. The van der Waals surface area contributed by atoms with E-state index in [1.807, 2.05) is 18.3 Å². The van der Waals surface area contributed by atoms with E-state index >= 15 is 0 Å². The minimum Gasteiger partial charge on any atom is -0.387 e. The van der Waals surface area contributed by atoms with Crippen molar-refractivity contribution in [2.24, 2.45) is 0 Å². The number of nitrogens with one attached hydrogen (secondary N) is 1. The largest absolute Gasteiger partial charge is 0.387 e. The quantitative estimate of drug-likeness (QED) is 0.555. The van der Waals surface area contributed by atoms with E-state index in [0.717, 1.165) is 68.8 Å². The summed E-state index contributed by atoms with van der Waals surface area (Å²) in [7, 11) is 2.18. The molecule has 0 amide bonds. The van der Waals surface area contributed by atoms with E-state index in [0.29, 0.717) is 23.5 Å². The van der Waals surface area contributed by atoms with Gasteiger partial charge < -0.3 is 20.2 Å². The molecule has 0 radical (unpaired) electrons. The fourth-order valence-corrected chi connectivity index (χ4v) is 5.00. The molecule has 2 saturated heterocycles. The van der Waals surface area contributed by atoms with Gasteiger partial charge in [0.05, 0.1) is 11.8 Å². The number of nitrogens with zero attached hydrogens (tertiary/aromatic N) is 7. The summed E-state index contributed by atoms with van der Waals surface area (Å²) >= 11 is 0. The minimum absolute atomic E-state index is 0.496. The summed E-state index contributed by atoms with van der Waals surface area (Å²) in [6, 6.07) is 6.53. The Bertz CT molecular complexity index is 1150. The molecule has 2 aliphatic rings. The molecule has 9 nitrogen and oxygen atoms in total. The number of hydrogen-bond donors (Lipinski definition) is 2. The minimum atomic E-state index is -0.641. The van der Waals surface area contributed by atoms with E-state index in [1.54, 1.807) is 13.1 Å². The highest BCUT2D eigenvalue weighted by Crippen LogP contribution is 2.29. The van der Waals surface area contributed by atoms with Crippen molar-refractivity contribution in [3.05, 3.63) is 41.9 Å². The van der Waals surface area contributed by atoms with Crippen molar-refractivity contribution in [3.8, 4) is 0 Å². The SMILES string of the molecule is CC(O)c1cc2cnc(Nc3ccc(CN4CCN(C)C[C@@H]4C)cn3)nc2c(N2CCCCC2)n1. The number of hydrogen-bond acceptors (Lipinski definition) is 9. The lowest BCUT2D eigenvalue weighted by Crippen LogP contribution is -2.49. The zero-order chi connectivity index (χ0) is 24.4. The molecule has 2 fully saturated rings. The van der Waals surface area contributed by atoms with Crippen LogP contribution >= 0.6 is 0 Å². The van der Waals surface area contributed by atoms with Crippen molar-refractivity contribution in [1.29, 1.82) is 0 Å². The zero-order valence-corrected chi connectivity index (χ0v) is 21.0. The molecular weight excluding hydrogens is 440 g/mol. The number of rotatable bonds is 6. The van der Waals surface area contributed by atoms with Crippen LogP contribution in [0, 0.1) is 0 Å². The lowest BCUT2D eigenvalue weighted by atomic mass is 10.1. The van der Waals surface area contributed by atoms with Crippen molar-refractivity contribution in [2.75, 3.05) is 50.0 Å². The van der Waals surface area contributed by atoms with Crippen molar-refractivity contribution in [1.82, 2.24) is 29.7 Å². The predicted molar refractivity (Wildman–Crippen MR) is 139 cm³/mol. The Hall–Kier alpha value is -2.88. The maximum absolute atomic E-state index is 10.2. The number of aliphatic hydroxyl groups excluding tert-OH is 1. The van der Waals surface area contributed by atoms with Crippen LogP contribution in [0.15, 0.2) is 30.6 Å². The molecule has 5 rings (SSSR count). The topological polar surface area (TPSA) is 93.5 Å². The molecule has 35 heavy (non-hydrogen) atoms. The highest BCUT2D eigenvalue weighted by molar-refractivity contribution is 5.89. The molecule has 1 unspecified atom stereocenters. The molecule has 186 valence electrons. The first-order valence-corrected chi connectivity index (χ1v) is 12.7. The molecule has 2 atom stereocenters. The molecular formula is C26H36N8O. The number of anilines is 3. The second kappa shape index (κ2) is 10.4. The van der Waals surface area contributed by atoms with Crippen molar-refractivity contribution in [3.63, 3.8) is 0 Å². The fourth-order valence-electron chi connectivity index (χ4n) is 5.00. The van der Waals surface area contributed by atoms with Gasteiger partial charge in [0, 0.05) is 63.1 Å². The highest BCUT2D eigenvalue weighted by Gasteiger charge is 2.22. The maximum atomic E-state index is 10.2. The van der Waals surface area contributed by atoms with Crippen molar-refractivity contribution >= 4 is 28.5 Å². The Kier molecular flexibility index (Phi) is 7.08. The normalized spacial score (nSPS) is 20.8. The van der Waals surface area contributed by atoms with Gasteiger partial charge in [0.1, 0.15) is 11.3 Å². The first-order valence-electron chi connectivity index (χ1n) is 12.7. The summed E-state index contributed by atoms with van der Waals surface area (Å²) in [4.78, 5) is 25.9. The van der Waals surface area contributed by atoms with Crippen LogP contribution < -0.4 is 10.2 Å². The highest BCUT2D eigenvalue weighted by atomic mass is 16.3. The van der Waals surface area contributed by atoms with E-state index in [9.17, 15) is 5.11 Å². The molecule has 2 N–H and O–H groups in total. The Morgan fingerprint density at radius 3 is 2.60 bits per heavy atom. The van der Waals surface area contributed by atoms with Crippen LogP contribution in [0.2, 0.25) is 0 Å². The van der Waals surface area contributed by atoms with E-state index in [-0.39, 0.29) is 0 Å². The van der Waals surface area contributed by atoms with Gasteiger partial charge in [0.2, 0.25) is 5.95 Å². The third kappa shape index (κ3) is 5.52. The van der Waals surface area contributed by atoms with Crippen LogP contribution in [0.3, 0.4) is 0 Å². The predicted octanol–water partition coefficient (Wildman–Crippen LogP) is 3.34. The molecule has 3 aromatic rings. The van der Waals surface area contributed by atoms with Crippen LogP contribution in [-0.4, -0.2) is 80.7 Å². The second-order valence-electron chi connectivity index (χ2n) is 9.98. The van der Waals surface area contributed by atoms with Gasteiger partial charge >= 0.3 is 0 Å². The van der Waals surface area contributed by atoms with Crippen molar-refractivity contribution in [2.45, 2.75) is 51.8 Å². The van der Waals surface area contributed by atoms with Gasteiger partial charge in [-0.15, -0.1) is 0 Å². The first-order chi connectivity index (χ1) is 17.0. The fraction of sp³-hybridized carbons (Fsp3) is 0.538. The second-order valence-corrected chi connectivity index (χ2v) is 9.98. The molecule has 0 aromatic carbocycles. The molecule has 5 heterocycles. The van der Waals surface area contributed by atoms with E-state index in [1.165, 1.54) is 12.0 Å². The zero-order valence-electron chi connectivity index (χ0n) is 21.0. The molecule has 0 saturated carbocycles. The van der Waals surface area contributed by atoms with Gasteiger partial charge in [-0.3, -0.25) is 4.90 Å². The van der Waals surface area contributed by atoms with Crippen LogP contribution in [-0.2, 0) is 6.54 Å². The summed E-state index contributed by atoms with van der Waals surface area (Å²) in [5, 5.41) is 14.3. The number of aromatic nitrogens is 4. The third-order valence-electron chi connectivity index (χ3n) is 7.07. The van der Waals surface area contributed by atoms with Gasteiger partial charge in [-0.2, -0.15) is 0 Å². The van der Waals surface area contributed by atoms with Crippen LogP contribution in [0.25, 0.3) is 10.9 Å². The Balaban J connectivity index is 1.35. The summed E-state index contributed by atoms with van der Waals surface area (Å²) in [6.45, 7) is 10.1. The molecule has 0 aliphatic carbocycles. The number of fused-ring (bicyclic) bond motifs is 1. The maximum Gasteiger partial charge on any atom is 0.229 e. The average Bonchev–Trinajstić information content (AvgIpc) is 2.86. The van der Waals surface area contributed by atoms with Crippen LogP contribution in [0.4, 0.5) is 17.6 Å². The van der Waals surface area contributed by atoms with Crippen LogP contribution in [0.1, 0.15) is 50.5 Å². The number of piperazine rings is 1. The molecule has 3 aromatic heterocycles. The van der Waals surface area contributed by atoms with Gasteiger partial charge in [-0.1, -0.05) is 6.07 Å². The van der Waals surface area contributed by atoms with E-state index in [2.05, 4.69) is 50.0 Å². The van der Waals surface area contributed by atoms with Gasteiger partial charge in [-0.05, 0) is 57.9 Å². The van der Waals surface area contributed by atoms with E-state index in [4.69, 9.17) is 9.97 Å². The Morgan fingerprint density at radius 1 is 1.06 bits per heavy atom. The Morgan fingerprint density at radius 2 is 1.89 bits per heavy atom. The van der Waals surface area contributed by atoms with Gasteiger partial charge in [0.15, 0.2) is 5.82 Å². The molecule has 2 aliphatic heterocycles. The number of aliphatic hydroxyl groups is 1. The van der Waals surface area contributed by atoms with Gasteiger partial charge in [-0.25, -0.2) is 19.9 Å². The summed E-state index contributed by atoms with van der Waals surface area (Å²) in [5.74, 6) is 2.04. The molecule has 9 heteroatoms. The Labute approximate surface area is 207 Å². The number of pyridine rings is 2. The molecule has 0 spiro atoms. The van der Waals surface area contributed by atoms with Crippen molar-refractivity contribution < 1.29 is 5.11 Å². The van der Waals surface area contributed by atoms with E-state index < -0.39 is 6.10 Å². The first kappa shape index (κ1) is 23.8. The summed E-state index contributed by atoms with van der Waals surface area (Å²) in [6.07, 6.45) is 6.61. The van der Waals surface area contributed by atoms with Crippen LogP contribution in [0.5, 0.6) is 0 Å².